The lowest BCUT2D eigenvalue weighted by Gasteiger charge is -2.20. The fraction of sp³-hybridized carbons (Fsp3) is 0.400. The Morgan fingerprint density at radius 3 is 2.76 bits per heavy atom. The number of carbonyl (C=O) groups excluding carboxylic acids is 1. The number of aromatic nitrogens is 1. The van der Waals surface area contributed by atoms with Crippen molar-refractivity contribution in [1.29, 1.82) is 0 Å². The van der Waals surface area contributed by atoms with Gasteiger partial charge in [-0.1, -0.05) is 0 Å². The van der Waals surface area contributed by atoms with E-state index in [1.807, 2.05) is 0 Å². The highest BCUT2D eigenvalue weighted by atomic mass is 19.3. The number of alkyl halides is 2. The molecule has 0 radical (unpaired) electrons. The minimum absolute atomic E-state index is 0.221. The molecule has 0 atom stereocenters. The topological polar surface area (TPSA) is 73.4 Å². The molecule has 0 aliphatic carbocycles. The van der Waals surface area contributed by atoms with Crippen molar-refractivity contribution in [3.8, 4) is 0 Å². The minimum Gasteiger partial charge on any atom is -0.395 e. The van der Waals surface area contributed by atoms with Gasteiger partial charge in [0.25, 0.3) is 12.3 Å². The number of aliphatic hydroxyl groups is 1. The van der Waals surface area contributed by atoms with E-state index in [4.69, 9.17) is 5.11 Å². The first-order valence-electron chi connectivity index (χ1n) is 4.91. The van der Waals surface area contributed by atoms with Crippen LogP contribution in [0.3, 0.4) is 0 Å². The molecule has 1 rings (SSSR count). The van der Waals surface area contributed by atoms with Gasteiger partial charge in [-0.25, -0.2) is 8.78 Å². The average molecular weight is 246 g/mol. The van der Waals surface area contributed by atoms with Gasteiger partial charge in [0.2, 0.25) is 0 Å². The van der Waals surface area contributed by atoms with Crippen molar-refractivity contribution in [2.45, 2.75) is 6.43 Å². The highest BCUT2D eigenvalue weighted by Crippen LogP contribution is 2.03. The van der Waals surface area contributed by atoms with Crippen LogP contribution in [-0.2, 0) is 0 Å². The zero-order valence-electron chi connectivity index (χ0n) is 8.90. The molecule has 5 nitrogen and oxygen atoms in total. The maximum Gasteiger partial charge on any atom is 0.259 e. The van der Waals surface area contributed by atoms with E-state index in [0.29, 0.717) is 0 Å². The van der Waals surface area contributed by atoms with Gasteiger partial charge in [0.15, 0.2) is 5.43 Å². The summed E-state index contributed by atoms with van der Waals surface area (Å²) in [6, 6.07) is 1.13. The fourth-order valence-electron chi connectivity index (χ4n) is 1.32. The van der Waals surface area contributed by atoms with Gasteiger partial charge in [-0.3, -0.25) is 9.59 Å². The SMILES string of the molecule is O=C(c1c[nH]ccc1=O)N(CCO)CC(F)F. The fourth-order valence-corrected chi connectivity index (χ4v) is 1.32. The number of amides is 1. The van der Waals surface area contributed by atoms with Crippen LogP contribution in [0, 0.1) is 0 Å². The van der Waals surface area contributed by atoms with Crippen LogP contribution < -0.4 is 5.43 Å². The third-order valence-corrected chi connectivity index (χ3v) is 2.07. The summed E-state index contributed by atoms with van der Waals surface area (Å²) in [5, 5.41) is 8.69. The Morgan fingerprint density at radius 1 is 1.53 bits per heavy atom. The van der Waals surface area contributed by atoms with Crippen LogP contribution >= 0.6 is 0 Å². The largest absolute Gasteiger partial charge is 0.395 e. The van der Waals surface area contributed by atoms with E-state index >= 15 is 0 Å². The summed E-state index contributed by atoms with van der Waals surface area (Å²) in [4.78, 5) is 26.4. The number of H-pyrrole nitrogens is 1. The molecule has 0 saturated carbocycles. The summed E-state index contributed by atoms with van der Waals surface area (Å²) in [7, 11) is 0. The summed E-state index contributed by atoms with van der Waals surface area (Å²) in [5.74, 6) is -0.818. The molecule has 0 aliphatic heterocycles. The summed E-state index contributed by atoms with van der Waals surface area (Å²) in [5.41, 5.74) is -0.771. The van der Waals surface area contributed by atoms with E-state index in [2.05, 4.69) is 4.98 Å². The van der Waals surface area contributed by atoms with Crippen LogP contribution in [0.2, 0.25) is 0 Å². The van der Waals surface area contributed by atoms with E-state index in [-0.39, 0.29) is 12.1 Å². The maximum atomic E-state index is 12.2. The first-order valence-corrected chi connectivity index (χ1v) is 4.91. The smallest absolute Gasteiger partial charge is 0.259 e. The normalized spacial score (nSPS) is 10.6. The molecule has 0 unspecified atom stereocenters. The van der Waals surface area contributed by atoms with Gasteiger partial charge in [0.05, 0.1) is 13.2 Å². The summed E-state index contributed by atoms with van der Waals surface area (Å²) < 4.78 is 24.4. The lowest BCUT2D eigenvalue weighted by Crippen LogP contribution is -2.39. The molecule has 7 heteroatoms. The van der Waals surface area contributed by atoms with Crippen molar-refractivity contribution >= 4 is 5.91 Å². The quantitative estimate of drug-likeness (QED) is 0.772. The molecular formula is C10H12F2N2O3. The van der Waals surface area contributed by atoms with Crippen LogP contribution in [0.5, 0.6) is 0 Å². The van der Waals surface area contributed by atoms with Crippen molar-refractivity contribution in [3.05, 3.63) is 34.2 Å². The minimum atomic E-state index is -2.71. The Morgan fingerprint density at radius 2 is 2.24 bits per heavy atom. The molecule has 2 N–H and O–H groups in total. The third-order valence-electron chi connectivity index (χ3n) is 2.07. The summed E-state index contributed by atoms with van der Waals surface area (Å²) in [6.45, 7) is -1.49. The molecule has 17 heavy (non-hydrogen) atoms. The predicted molar refractivity (Wildman–Crippen MR) is 56.1 cm³/mol. The lowest BCUT2D eigenvalue weighted by molar-refractivity contribution is 0.0508. The highest BCUT2D eigenvalue weighted by Gasteiger charge is 2.21. The van der Waals surface area contributed by atoms with Gasteiger partial charge in [0, 0.05) is 25.0 Å². The van der Waals surface area contributed by atoms with Crippen molar-refractivity contribution in [3.63, 3.8) is 0 Å². The Balaban J connectivity index is 2.92. The van der Waals surface area contributed by atoms with Crippen LogP contribution in [0.4, 0.5) is 8.78 Å². The van der Waals surface area contributed by atoms with E-state index in [1.54, 1.807) is 0 Å². The molecule has 1 aromatic heterocycles. The number of rotatable bonds is 5. The maximum absolute atomic E-state index is 12.2. The van der Waals surface area contributed by atoms with Crippen molar-refractivity contribution < 1.29 is 18.7 Å². The third kappa shape index (κ3) is 3.63. The van der Waals surface area contributed by atoms with E-state index < -0.39 is 30.9 Å². The van der Waals surface area contributed by atoms with E-state index in [1.165, 1.54) is 6.20 Å². The number of hydrogen-bond donors (Lipinski definition) is 2. The second kappa shape index (κ2) is 6.09. The van der Waals surface area contributed by atoms with Crippen molar-refractivity contribution in [1.82, 2.24) is 9.88 Å². The zero-order valence-corrected chi connectivity index (χ0v) is 8.90. The Bertz CT molecular complexity index is 434. The number of pyridine rings is 1. The number of hydrogen-bond acceptors (Lipinski definition) is 3. The van der Waals surface area contributed by atoms with Gasteiger partial charge in [-0.05, 0) is 0 Å². The number of aromatic amines is 1. The van der Waals surface area contributed by atoms with Crippen molar-refractivity contribution in [2.24, 2.45) is 0 Å². The molecule has 0 fully saturated rings. The second-order valence-corrected chi connectivity index (χ2v) is 3.29. The van der Waals surface area contributed by atoms with Gasteiger partial charge in [-0.2, -0.15) is 0 Å². The second-order valence-electron chi connectivity index (χ2n) is 3.29. The van der Waals surface area contributed by atoms with Gasteiger partial charge < -0.3 is 15.0 Å². The van der Waals surface area contributed by atoms with E-state index in [9.17, 15) is 18.4 Å². The molecule has 0 bridgehead atoms. The molecule has 0 aromatic carbocycles. The number of carbonyl (C=O) groups is 1. The number of halogens is 2. The molecule has 1 aromatic rings. The van der Waals surface area contributed by atoms with Crippen LogP contribution in [0.25, 0.3) is 0 Å². The Hall–Kier alpha value is -1.76. The summed E-state index contributed by atoms with van der Waals surface area (Å²) >= 11 is 0. The first kappa shape index (κ1) is 13.3. The standard InChI is InChI=1S/C10H12F2N2O3/c11-9(12)6-14(3-4-15)10(17)7-5-13-2-1-8(7)16/h1-2,5,9,15H,3-4,6H2,(H,13,16). The molecule has 94 valence electrons. The van der Waals surface area contributed by atoms with Crippen LogP contribution in [-0.4, -0.2) is 47.0 Å². The van der Waals surface area contributed by atoms with E-state index in [0.717, 1.165) is 17.2 Å². The van der Waals surface area contributed by atoms with Gasteiger partial charge in [0.1, 0.15) is 5.56 Å². The van der Waals surface area contributed by atoms with Crippen LogP contribution in [0.1, 0.15) is 10.4 Å². The van der Waals surface area contributed by atoms with Crippen molar-refractivity contribution in [2.75, 3.05) is 19.7 Å². The number of nitrogens with zero attached hydrogens (tertiary/aromatic N) is 1. The highest BCUT2D eigenvalue weighted by molar-refractivity contribution is 5.93. The lowest BCUT2D eigenvalue weighted by atomic mass is 10.2. The molecule has 0 aliphatic rings. The van der Waals surface area contributed by atoms with Gasteiger partial charge >= 0.3 is 0 Å². The number of nitrogens with one attached hydrogen (secondary N) is 1. The monoisotopic (exact) mass is 246 g/mol. The molecule has 1 amide bonds. The van der Waals surface area contributed by atoms with Gasteiger partial charge in [-0.15, -0.1) is 0 Å². The van der Waals surface area contributed by atoms with Crippen LogP contribution in [0.15, 0.2) is 23.3 Å². The zero-order chi connectivity index (χ0) is 12.8. The Labute approximate surface area is 95.7 Å². The molecule has 0 spiro atoms. The average Bonchev–Trinajstić information content (AvgIpc) is 2.28. The molecular weight excluding hydrogens is 234 g/mol. The predicted octanol–water partition coefficient (Wildman–Crippen LogP) is 0.0745. The molecule has 1 heterocycles. The Kier molecular flexibility index (Phi) is 4.77. The first-order chi connectivity index (χ1) is 8.06. The number of aliphatic hydroxyl groups excluding tert-OH is 1. The molecule has 0 saturated heterocycles. The summed E-state index contributed by atoms with van der Waals surface area (Å²) in [6.07, 6.45) is -0.225.